The summed E-state index contributed by atoms with van der Waals surface area (Å²) in [7, 11) is 1.67. The molecule has 2 aromatic carbocycles. The fraction of sp³-hybridized carbons (Fsp3) is 0.250. The fourth-order valence-corrected chi connectivity index (χ4v) is 4.14. The third kappa shape index (κ3) is 2.55. The number of halogens is 1. The minimum absolute atomic E-state index is 0.0358. The molecule has 3 nitrogen and oxygen atoms in total. The van der Waals surface area contributed by atoms with Gasteiger partial charge in [0.15, 0.2) is 0 Å². The minimum atomic E-state index is -0.0358. The van der Waals surface area contributed by atoms with Crippen molar-refractivity contribution < 1.29 is 4.79 Å². The van der Waals surface area contributed by atoms with Crippen molar-refractivity contribution in [2.24, 2.45) is 5.92 Å². The summed E-state index contributed by atoms with van der Waals surface area (Å²) in [4.78, 5) is 12.0. The molecule has 0 spiro atoms. The van der Waals surface area contributed by atoms with Crippen molar-refractivity contribution in [1.82, 2.24) is 5.32 Å². The maximum atomic E-state index is 12.0. The first-order chi connectivity index (χ1) is 11.7. The molecule has 4 heteroatoms. The molecule has 2 aliphatic rings. The molecule has 0 fully saturated rings. The van der Waals surface area contributed by atoms with Gasteiger partial charge in [0.25, 0.3) is 5.91 Å². The van der Waals surface area contributed by atoms with Crippen LogP contribution in [0.1, 0.15) is 39.9 Å². The van der Waals surface area contributed by atoms with Crippen LogP contribution < -0.4 is 10.6 Å². The Morgan fingerprint density at radius 1 is 1.21 bits per heavy atom. The summed E-state index contributed by atoms with van der Waals surface area (Å²) in [5.74, 6) is 0.810. The summed E-state index contributed by atoms with van der Waals surface area (Å²) in [6.07, 6.45) is 5.62. The Labute approximate surface area is 150 Å². The Morgan fingerprint density at radius 2 is 2.00 bits per heavy atom. The second-order valence-corrected chi connectivity index (χ2v) is 7.32. The van der Waals surface area contributed by atoms with Crippen molar-refractivity contribution in [3.05, 3.63) is 75.8 Å². The lowest BCUT2D eigenvalue weighted by Crippen LogP contribution is -2.29. The topological polar surface area (TPSA) is 41.1 Å². The number of allylic oxidation sites excluding steroid dienone is 2. The monoisotopic (exact) mass is 382 g/mol. The van der Waals surface area contributed by atoms with E-state index in [0.717, 1.165) is 22.1 Å². The summed E-state index contributed by atoms with van der Waals surface area (Å²) in [6, 6.07) is 14.8. The number of anilines is 1. The third-order valence-corrected chi connectivity index (χ3v) is 5.61. The SMILES string of the molecule is CNC(=O)c1ccc2c(c1)[C@@H]1C=CC[C@@H]1[C@H](c1ccc(Br)cc1)N2. The van der Waals surface area contributed by atoms with E-state index < -0.39 is 0 Å². The van der Waals surface area contributed by atoms with E-state index in [-0.39, 0.29) is 11.9 Å². The first-order valence-corrected chi connectivity index (χ1v) is 9.01. The molecule has 1 aliphatic heterocycles. The highest BCUT2D eigenvalue weighted by atomic mass is 79.9. The molecule has 3 atom stereocenters. The van der Waals surface area contributed by atoms with Crippen molar-refractivity contribution in [2.75, 3.05) is 12.4 Å². The smallest absolute Gasteiger partial charge is 0.251 e. The van der Waals surface area contributed by atoms with Gasteiger partial charge in [0, 0.05) is 28.7 Å². The van der Waals surface area contributed by atoms with Crippen LogP contribution in [0.5, 0.6) is 0 Å². The van der Waals surface area contributed by atoms with Crippen molar-refractivity contribution in [3.8, 4) is 0 Å². The van der Waals surface area contributed by atoms with Gasteiger partial charge in [0.1, 0.15) is 0 Å². The molecular weight excluding hydrogens is 364 g/mol. The Morgan fingerprint density at radius 3 is 2.75 bits per heavy atom. The van der Waals surface area contributed by atoms with Gasteiger partial charge in [-0.1, -0.05) is 40.2 Å². The molecule has 4 rings (SSSR count). The molecule has 0 aromatic heterocycles. The quantitative estimate of drug-likeness (QED) is 0.743. The number of benzene rings is 2. The van der Waals surface area contributed by atoms with Crippen molar-refractivity contribution in [3.63, 3.8) is 0 Å². The first-order valence-electron chi connectivity index (χ1n) is 8.22. The van der Waals surface area contributed by atoms with E-state index in [9.17, 15) is 4.79 Å². The number of fused-ring (bicyclic) bond motifs is 3. The average molecular weight is 383 g/mol. The number of nitrogens with one attached hydrogen (secondary N) is 2. The molecule has 0 bridgehead atoms. The Bertz CT molecular complexity index is 813. The molecule has 0 radical (unpaired) electrons. The zero-order chi connectivity index (χ0) is 16.7. The van der Waals surface area contributed by atoms with Gasteiger partial charge in [-0.2, -0.15) is 0 Å². The van der Waals surface area contributed by atoms with E-state index in [1.165, 1.54) is 11.1 Å². The zero-order valence-corrected chi connectivity index (χ0v) is 15.0. The first kappa shape index (κ1) is 15.5. The van der Waals surface area contributed by atoms with Gasteiger partial charge in [-0.05, 0) is 53.8 Å². The summed E-state index contributed by atoms with van der Waals surface area (Å²) in [5.41, 5.74) is 4.38. The normalized spacial score (nSPS) is 24.0. The summed E-state index contributed by atoms with van der Waals surface area (Å²) in [6.45, 7) is 0. The van der Waals surface area contributed by atoms with Crippen LogP contribution in [0.25, 0.3) is 0 Å². The molecule has 1 amide bonds. The van der Waals surface area contributed by atoms with Gasteiger partial charge < -0.3 is 10.6 Å². The van der Waals surface area contributed by atoms with Crippen LogP contribution in [0.3, 0.4) is 0 Å². The highest BCUT2D eigenvalue weighted by Gasteiger charge is 2.38. The van der Waals surface area contributed by atoms with Gasteiger partial charge in [0.05, 0.1) is 6.04 Å². The minimum Gasteiger partial charge on any atom is -0.378 e. The maximum Gasteiger partial charge on any atom is 0.251 e. The fourth-order valence-electron chi connectivity index (χ4n) is 3.88. The lowest BCUT2D eigenvalue weighted by atomic mass is 9.76. The maximum absolute atomic E-state index is 12.0. The second-order valence-electron chi connectivity index (χ2n) is 6.41. The molecular formula is C20H19BrN2O. The predicted molar refractivity (Wildman–Crippen MR) is 100 cm³/mol. The summed E-state index contributed by atoms with van der Waals surface area (Å²) >= 11 is 3.51. The van der Waals surface area contributed by atoms with Crippen molar-refractivity contribution in [1.29, 1.82) is 0 Å². The molecule has 0 unspecified atom stereocenters. The average Bonchev–Trinajstić information content (AvgIpc) is 3.11. The van der Waals surface area contributed by atoms with Crippen LogP contribution in [-0.4, -0.2) is 13.0 Å². The number of hydrogen-bond acceptors (Lipinski definition) is 2. The standard InChI is InChI=1S/C20H19BrN2O/c1-22-20(24)13-7-10-18-17(11-13)15-3-2-4-16(15)19(23-18)12-5-8-14(21)9-6-12/h2-3,5-11,15-16,19,23H,4H2,1H3,(H,22,24)/t15-,16+,19+/m1/s1. The summed E-state index contributed by atoms with van der Waals surface area (Å²) < 4.78 is 1.10. The number of amides is 1. The van der Waals surface area contributed by atoms with Gasteiger partial charge in [-0.3, -0.25) is 4.79 Å². The number of rotatable bonds is 2. The van der Waals surface area contributed by atoms with Crippen molar-refractivity contribution >= 4 is 27.5 Å². The van der Waals surface area contributed by atoms with E-state index in [1.807, 2.05) is 18.2 Å². The lowest BCUT2D eigenvalue weighted by Gasteiger charge is -2.37. The van der Waals surface area contributed by atoms with Crippen LogP contribution >= 0.6 is 15.9 Å². The molecule has 0 saturated carbocycles. The third-order valence-electron chi connectivity index (χ3n) is 5.08. The predicted octanol–water partition coefficient (Wildman–Crippen LogP) is 4.64. The number of carbonyl (C=O) groups excluding carboxylic acids is 1. The number of hydrogen-bond donors (Lipinski definition) is 2. The molecule has 1 aliphatic carbocycles. The molecule has 24 heavy (non-hydrogen) atoms. The van der Waals surface area contributed by atoms with Gasteiger partial charge in [-0.15, -0.1) is 0 Å². The highest BCUT2D eigenvalue weighted by molar-refractivity contribution is 9.10. The summed E-state index contributed by atoms with van der Waals surface area (Å²) in [5, 5.41) is 6.41. The Kier molecular flexibility index (Phi) is 3.93. The van der Waals surface area contributed by atoms with Crippen LogP contribution in [0, 0.1) is 5.92 Å². The van der Waals surface area contributed by atoms with Gasteiger partial charge >= 0.3 is 0 Å². The number of carbonyl (C=O) groups is 1. The Balaban J connectivity index is 1.74. The zero-order valence-electron chi connectivity index (χ0n) is 13.4. The van der Waals surface area contributed by atoms with Crippen molar-refractivity contribution in [2.45, 2.75) is 18.4 Å². The van der Waals surface area contributed by atoms with E-state index in [2.05, 4.69) is 63.0 Å². The van der Waals surface area contributed by atoms with Gasteiger partial charge in [-0.25, -0.2) is 0 Å². The van der Waals surface area contributed by atoms with E-state index in [1.54, 1.807) is 7.05 Å². The van der Waals surface area contributed by atoms with Crippen LogP contribution in [-0.2, 0) is 0 Å². The van der Waals surface area contributed by atoms with Crippen LogP contribution in [0.15, 0.2) is 59.1 Å². The van der Waals surface area contributed by atoms with Gasteiger partial charge in [0.2, 0.25) is 0 Å². The molecule has 0 saturated heterocycles. The molecule has 122 valence electrons. The highest BCUT2D eigenvalue weighted by Crippen LogP contribution is 2.49. The van der Waals surface area contributed by atoms with E-state index in [4.69, 9.17) is 0 Å². The van der Waals surface area contributed by atoms with E-state index in [0.29, 0.717) is 11.8 Å². The van der Waals surface area contributed by atoms with Crippen LogP contribution in [0.4, 0.5) is 5.69 Å². The Hall–Kier alpha value is -2.07. The largest absolute Gasteiger partial charge is 0.378 e. The molecule has 1 heterocycles. The molecule has 2 N–H and O–H groups in total. The molecule has 2 aromatic rings. The van der Waals surface area contributed by atoms with E-state index >= 15 is 0 Å². The lowest BCUT2D eigenvalue weighted by molar-refractivity contribution is 0.0963. The van der Waals surface area contributed by atoms with Crippen LogP contribution in [0.2, 0.25) is 0 Å². The second kappa shape index (κ2) is 6.10.